The first kappa shape index (κ1) is 17.5. The zero-order valence-corrected chi connectivity index (χ0v) is 14.6. The standard InChI is InChI=1S/C20H19NO5/c1-23-17-9-8-15(18(12-17)24-2)10-20(22)25-13-16-11-19(26-21-16)14-6-4-3-5-7-14/h3-9,11-12H,10,13H2,1-2H3. The molecule has 3 aromatic rings. The summed E-state index contributed by atoms with van der Waals surface area (Å²) < 4.78 is 21.0. The molecule has 2 aromatic carbocycles. The first-order valence-electron chi connectivity index (χ1n) is 8.07. The molecule has 0 atom stereocenters. The Morgan fingerprint density at radius 3 is 2.58 bits per heavy atom. The summed E-state index contributed by atoms with van der Waals surface area (Å²) in [5, 5.41) is 3.93. The molecule has 26 heavy (non-hydrogen) atoms. The molecule has 0 fully saturated rings. The van der Waals surface area contributed by atoms with Gasteiger partial charge in [-0.25, -0.2) is 0 Å². The van der Waals surface area contributed by atoms with Crippen LogP contribution in [0, 0.1) is 0 Å². The number of carbonyl (C=O) groups is 1. The molecule has 1 heterocycles. The number of esters is 1. The predicted molar refractivity (Wildman–Crippen MR) is 95.0 cm³/mol. The topological polar surface area (TPSA) is 70.8 Å². The SMILES string of the molecule is COc1ccc(CC(=O)OCc2cc(-c3ccccc3)on2)c(OC)c1. The Morgan fingerprint density at radius 2 is 1.85 bits per heavy atom. The fourth-order valence-electron chi connectivity index (χ4n) is 2.48. The number of benzene rings is 2. The molecule has 0 aliphatic carbocycles. The molecule has 0 aliphatic rings. The summed E-state index contributed by atoms with van der Waals surface area (Å²) in [6.07, 6.45) is 0.0938. The van der Waals surface area contributed by atoms with Crippen LogP contribution in [0.25, 0.3) is 11.3 Å². The third-order valence-corrected chi connectivity index (χ3v) is 3.83. The molecule has 0 spiro atoms. The number of carbonyl (C=O) groups excluding carboxylic acids is 1. The van der Waals surface area contributed by atoms with Crippen molar-refractivity contribution in [2.24, 2.45) is 0 Å². The normalized spacial score (nSPS) is 10.4. The van der Waals surface area contributed by atoms with E-state index in [-0.39, 0.29) is 19.0 Å². The number of hydrogen-bond donors (Lipinski definition) is 0. The summed E-state index contributed by atoms with van der Waals surface area (Å²) in [4.78, 5) is 12.1. The van der Waals surface area contributed by atoms with Crippen molar-refractivity contribution >= 4 is 5.97 Å². The maximum absolute atomic E-state index is 12.1. The number of methoxy groups -OCH3 is 2. The highest BCUT2D eigenvalue weighted by atomic mass is 16.5. The Kier molecular flexibility index (Phi) is 5.53. The van der Waals surface area contributed by atoms with E-state index in [1.165, 1.54) is 0 Å². The van der Waals surface area contributed by atoms with Crippen molar-refractivity contribution in [3.8, 4) is 22.8 Å². The lowest BCUT2D eigenvalue weighted by Gasteiger charge is -2.10. The van der Waals surface area contributed by atoms with Crippen molar-refractivity contribution in [1.29, 1.82) is 0 Å². The van der Waals surface area contributed by atoms with Crippen LogP contribution < -0.4 is 9.47 Å². The average Bonchev–Trinajstić information content (AvgIpc) is 3.16. The third kappa shape index (κ3) is 4.22. The number of hydrogen-bond acceptors (Lipinski definition) is 6. The second-order valence-electron chi connectivity index (χ2n) is 5.56. The van der Waals surface area contributed by atoms with Gasteiger partial charge in [0, 0.05) is 23.3 Å². The Balaban J connectivity index is 1.59. The lowest BCUT2D eigenvalue weighted by Crippen LogP contribution is -2.09. The Bertz CT molecular complexity index is 873. The van der Waals surface area contributed by atoms with Crippen LogP contribution in [0.15, 0.2) is 59.1 Å². The van der Waals surface area contributed by atoms with Crippen molar-refractivity contribution in [2.45, 2.75) is 13.0 Å². The highest BCUT2D eigenvalue weighted by Gasteiger charge is 2.13. The summed E-state index contributed by atoms with van der Waals surface area (Å²) >= 11 is 0. The van der Waals surface area contributed by atoms with Crippen molar-refractivity contribution in [3.63, 3.8) is 0 Å². The lowest BCUT2D eigenvalue weighted by molar-refractivity contribution is -0.144. The van der Waals surface area contributed by atoms with Crippen molar-refractivity contribution in [2.75, 3.05) is 14.2 Å². The van der Waals surface area contributed by atoms with Crippen LogP contribution in [0.2, 0.25) is 0 Å². The van der Waals surface area contributed by atoms with Crippen LogP contribution in [0.1, 0.15) is 11.3 Å². The van der Waals surface area contributed by atoms with E-state index in [1.807, 2.05) is 30.3 Å². The van der Waals surface area contributed by atoms with Crippen LogP contribution in [-0.4, -0.2) is 25.3 Å². The third-order valence-electron chi connectivity index (χ3n) is 3.83. The maximum Gasteiger partial charge on any atom is 0.310 e. The molecule has 6 heteroatoms. The van der Waals surface area contributed by atoms with Gasteiger partial charge in [0.2, 0.25) is 0 Å². The molecule has 0 bridgehead atoms. The summed E-state index contributed by atoms with van der Waals surface area (Å²) in [6.45, 7) is 0.0492. The van der Waals surface area contributed by atoms with Gasteiger partial charge in [0.15, 0.2) is 5.76 Å². The van der Waals surface area contributed by atoms with Crippen molar-refractivity contribution in [3.05, 3.63) is 65.9 Å². The Hall–Kier alpha value is -3.28. The molecule has 0 aliphatic heterocycles. The van der Waals surface area contributed by atoms with Gasteiger partial charge in [-0.15, -0.1) is 0 Å². The predicted octanol–water partition coefficient (Wildman–Crippen LogP) is 3.64. The van der Waals surface area contributed by atoms with Gasteiger partial charge >= 0.3 is 5.97 Å². The van der Waals surface area contributed by atoms with Crippen LogP contribution in [0.4, 0.5) is 0 Å². The second kappa shape index (κ2) is 8.20. The summed E-state index contributed by atoms with van der Waals surface area (Å²) in [6, 6.07) is 16.6. The molecule has 1 aromatic heterocycles. The molecule has 0 radical (unpaired) electrons. The van der Waals surface area contributed by atoms with E-state index in [2.05, 4.69) is 5.16 Å². The van der Waals surface area contributed by atoms with E-state index in [9.17, 15) is 4.79 Å². The number of rotatable bonds is 7. The highest BCUT2D eigenvalue weighted by Crippen LogP contribution is 2.25. The largest absolute Gasteiger partial charge is 0.497 e. The molecule has 3 rings (SSSR count). The minimum Gasteiger partial charge on any atom is -0.497 e. The zero-order valence-electron chi connectivity index (χ0n) is 14.6. The molecule has 0 N–H and O–H groups in total. The summed E-state index contributed by atoms with van der Waals surface area (Å²) in [5.74, 6) is 1.50. The molecule has 0 saturated carbocycles. The average molecular weight is 353 g/mol. The van der Waals surface area contributed by atoms with Gasteiger partial charge in [-0.1, -0.05) is 41.6 Å². The molecule has 0 amide bonds. The van der Waals surface area contributed by atoms with Crippen LogP contribution in [-0.2, 0) is 22.6 Å². The molecule has 0 saturated heterocycles. The van der Waals surface area contributed by atoms with Gasteiger partial charge in [-0.3, -0.25) is 4.79 Å². The summed E-state index contributed by atoms with van der Waals surface area (Å²) in [7, 11) is 3.12. The Labute approximate surface area is 151 Å². The van der Waals surface area contributed by atoms with Gasteiger partial charge in [0.05, 0.1) is 20.6 Å². The fourth-order valence-corrected chi connectivity index (χ4v) is 2.48. The first-order chi connectivity index (χ1) is 12.7. The van der Waals surface area contributed by atoms with Gasteiger partial charge in [-0.05, 0) is 6.07 Å². The molecular weight excluding hydrogens is 334 g/mol. The van der Waals surface area contributed by atoms with E-state index in [4.69, 9.17) is 18.7 Å². The molecular formula is C20H19NO5. The minimum absolute atomic E-state index is 0.0492. The first-order valence-corrected chi connectivity index (χ1v) is 8.07. The molecule has 0 unspecified atom stereocenters. The quantitative estimate of drug-likeness (QED) is 0.604. The van der Waals surface area contributed by atoms with Gasteiger partial charge in [0.25, 0.3) is 0 Å². The van der Waals surface area contributed by atoms with Crippen molar-refractivity contribution in [1.82, 2.24) is 5.16 Å². The monoisotopic (exact) mass is 353 g/mol. The zero-order chi connectivity index (χ0) is 18.4. The number of ether oxygens (including phenoxy) is 3. The van der Waals surface area contributed by atoms with Gasteiger partial charge < -0.3 is 18.7 Å². The van der Waals surface area contributed by atoms with E-state index in [1.54, 1.807) is 38.5 Å². The van der Waals surface area contributed by atoms with E-state index >= 15 is 0 Å². The summed E-state index contributed by atoms with van der Waals surface area (Å²) in [5.41, 5.74) is 2.20. The van der Waals surface area contributed by atoms with Gasteiger partial charge in [0.1, 0.15) is 23.8 Å². The highest BCUT2D eigenvalue weighted by molar-refractivity contribution is 5.73. The Morgan fingerprint density at radius 1 is 1.04 bits per heavy atom. The second-order valence-corrected chi connectivity index (χ2v) is 5.56. The van der Waals surface area contributed by atoms with Crippen LogP contribution in [0.5, 0.6) is 11.5 Å². The van der Waals surface area contributed by atoms with Crippen LogP contribution in [0.3, 0.4) is 0 Å². The van der Waals surface area contributed by atoms with Gasteiger partial charge in [-0.2, -0.15) is 0 Å². The molecule has 134 valence electrons. The molecule has 6 nitrogen and oxygen atoms in total. The fraction of sp³-hybridized carbons (Fsp3) is 0.200. The number of aromatic nitrogens is 1. The van der Waals surface area contributed by atoms with E-state index in [0.717, 1.165) is 11.1 Å². The van der Waals surface area contributed by atoms with Crippen molar-refractivity contribution < 1.29 is 23.5 Å². The maximum atomic E-state index is 12.1. The van der Waals surface area contributed by atoms with E-state index < -0.39 is 0 Å². The lowest BCUT2D eigenvalue weighted by atomic mass is 10.1. The minimum atomic E-state index is -0.377. The van der Waals surface area contributed by atoms with E-state index in [0.29, 0.717) is 23.0 Å². The smallest absolute Gasteiger partial charge is 0.310 e. The van der Waals surface area contributed by atoms with Crippen LogP contribution >= 0.6 is 0 Å². The number of nitrogens with zero attached hydrogens (tertiary/aromatic N) is 1.